The van der Waals surface area contributed by atoms with E-state index in [4.69, 9.17) is 0 Å². The average molecular weight is 308 g/mol. The van der Waals surface area contributed by atoms with Gasteiger partial charge in [-0.1, -0.05) is 24.3 Å². The summed E-state index contributed by atoms with van der Waals surface area (Å²) in [6.45, 7) is 11.3. The van der Waals surface area contributed by atoms with Gasteiger partial charge in [-0.25, -0.2) is 9.00 Å². The van der Waals surface area contributed by atoms with Gasteiger partial charge in [0.15, 0.2) is 0 Å². The summed E-state index contributed by atoms with van der Waals surface area (Å²) >= 11 is 0. The molecule has 1 aromatic carbocycles. The fourth-order valence-electron chi connectivity index (χ4n) is 2.19. The van der Waals surface area contributed by atoms with Crippen molar-refractivity contribution < 1.29 is 9.00 Å². The van der Waals surface area contributed by atoms with E-state index in [2.05, 4.69) is 10.9 Å². The second-order valence-corrected chi connectivity index (χ2v) is 7.65. The van der Waals surface area contributed by atoms with Crippen molar-refractivity contribution in [2.45, 2.75) is 44.7 Å². The van der Waals surface area contributed by atoms with Gasteiger partial charge in [-0.2, -0.15) is 0 Å². The molecule has 0 aliphatic carbocycles. The number of carbonyl (C=O) groups excluding carboxylic acids is 1. The lowest BCUT2D eigenvalue weighted by Gasteiger charge is -2.28. The van der Waals surface area contributed by atoms with E-state index in [1.54, 1.807) is 35.2 Å². The van der Waals surface area contributed by atoms with Crippen LogP contribution in [0.1, 0.15) is 27.7 Å². The minimum Gasteiger partial charge on any atom is -0.318 e. The zero-order valence-corrected chi connectivity index (χ0v) is 14.0. The van der Waals surface area contributed by atoms with Crippen LogP contribution in [0.5, 0.6) is 0 Å². The van der Waals surface area contributed by atoms with E-state index in [9.17, 15) is 9.00 Å². The van der Waals surface area contributed by atoms with Crippen LogP contribution >= 0.6 is 0 Å². The first-order valence-corrected chi connectivity index (χ1v) is 8.73. The van der Waals surface area contributed by atoms with Gasteiger partial charge in [0, 0.05) is 17.0 Å². The minimum atomic E-state index is -2.81. The Morgan fingerprint density at radius 2 is 1.76 bits per heavy atom. The molecule has 0 aromatic heterocycles. The van der Waals surface area contributed by atoms with Crippen LogP contribution in [0.25, 0.3) is 0 Å². The maximum atomic E-state index is 13.1. The van der Waals surface area contributed by atoms with Crippen molar-refractivity contribution in [1.82, 2.24) is 4.90 Å². The highest BCUT2D eigenvalue weighted by Crippen LogP contribution is 2.17. The summed E-state index contributed by atoms with van der Waals surface area (Å²) in [6.07, 6.45) is 1.54. The maximum Gasteiger partial charge on any atom is 0.352 e. The molecule has 0 heterocycles. The summed E-state index contributed by atoms with van der Waals surface area (Å²) < 4.78 is 17.1. The van der Waals surface area contributed by atoms with Crippen molar-refractivity contribution in [2.24, 2.45) is 4.36 Å². The predicted molar refractivity (Wildman–Crippen MR) is 87.8 cm³/mol. The highest BCUT2D eigenvalue weighted by atomic mass is 32.2. The zero-order valence-electron chi connectivity index (χ0n) is 13.2. The summed E-state index contributed by atoms with van der Waals surface area (Å²) in [4.78, 5) is 14.6. The van der Waals surface area contributed by atoms with Crippen molar-refractivity contribution >= 4 is 15.8 Å². The molecule has 1 rings (SSSR count). The van der Waals surface area contributed by atoms with Crippen LogP contribution in [0.15, 0.2) is 52.2 Å². The van der Waals surface area contributed by atoms with Crippen molar-refractivity contribution in [3.8, 4) is 0 Å². The molecule has 0 spiro atoms. The Morgan fingerprint density at radius 1 is 1.24 bits per heavy atom. The quantitative estimate of drug-likeness (QED) is 0.774. The number of amides is 2. The van der Waals surface area contributed by atoms with Gasteiger partial charge in [0.25, 0.3) is 0 Å². The summed E-state index contributed by atoms with van der Waals surface area (Å²) in [5.74, 6) is 0.160. The van der Waals surface area contributed by atoms with Gasteiger partial charge >= 0.3 is 6.03 Å². The van der Waals surface area contributed by atoms with E-state index in [-0.39, 0.29) is 17.8 Å². The Balaban J connectivity index is 3.31. The first-order chi connectivity index (χ1) is 9.81. The lowest BCUT2D eigenvalue weighted by atomic mass is 10.2. The van der Waals surface area contributed by atoms with E-state index in [1.807, 2.05) is 33.8 Å². The minimum absolute atomic E-state index is 0.00408. The molecule has 0 radical (unpaired) electrons. The van der Waals surface area contributed by atoms with Crippen LogP contribution in [0.4, 0.5) is 4.79 Å². The highest BCUT2D eigenvalue weighted by molar-refractivity contribution is 7.94. The van der Waals surface area contributed by atoms with Crippen molar-refractivity contribution in [1.29, 1.82) is 0 Å². The highest BCUT2D eigenvalue weighted by Gasteiger charge is 2.22. The van der Waals surface area contributed by atoms with E-state index in [0.29, 0.717) is 4.90 Å². The van der Waals surface area contributed by atoms with Gasteiger partial charge in [-0.15, -0.1) is 10.9 Å². The monoisotopic (exact) mass is 308 g/mol. The topological polar surface area (TPSA) is 49.7 Å². The number of carbonyl (C=O) groups is 1. The molecule has 5 heteroatoms. The van der Waals surface area contributed by atoms with Crippen LogP contribution in [0.2, 0.25) is 0 Å². The Morgan fingerprint density at radius 3 is 2.19 bits per heavy atom. The summed E-state index contributed by atoms with van der Waals surface area (Å²) in [7, 11) is -2.81. The van der Waals surface area contributed by atoms with Gasteiger partial charge in [0.2, 0.25) is 0 Å². The van der Waals surface area contributed by atoms with Gasteiger partial charge < -0.3 is 4.90 Å². The van der Waals surface area contributed by atoms with E-state index >= 15 is 0 Å². The molecule has 0 aliphatic heterocycles. The Hall–Kier alpha value is -1.62. The SMILES string of the molecule is C=CC[S@@](=O)(=NC(=O)N(C(C)C)C(C)C)c1ccccc1. The van der Waals surface area contributed by atoms with Crippen molar-refractivity contribution in [3.05, 3.63) is 43.0 Å². The van der Waals surface area contributed by atoms with Crippen molar-refractivity contribution in [2.75, 3.05) is 5.75 Å². The Bertz CT molecular complexity index is 592. The summed E-state index contributed by atoms with van der Waals surface area (Å²) in [5.41, 5.74) is 0. The number of hydrogen-bond donors (Lipinski definition) is 0. The largest absolute Gasteiger partial charge is 0.352 e. The fraction of sp³-hybridized carbons (Fsp3) is 0.438. The second kappa shape index (κ2) is 7.41. The average Bonchev–Trinajstić information content (AvgIpc) is 2.38. The normalized spacial score (nSPS) is 13.8. The Kier molecular flexibility index (Phi) is 6.15. The van der Waals surface area contributed by atoms with E-state index in [0.717, 1.165) is 0 Å². The fourth-order valence-corrected chi connectivity index (χ4v) is 3.81. The molecule has 1 aromatic rings. The Labute approximate surface area is 128 Å². The lowest BCUT2D eigenvalue weighted by Crippen LogP contribution is -2.40. The maximum absolute atomic E-state index is 13.1. The molecule has 0 saturated heterocycles. The summed E-state index contributed by atoms with van der Waals surface area (Å²) in [6, 6.07) is 8.47. The third-order valence-corrected chi connectivity index (χ3v) is 5.16. The molecule has 0 bridgehead atoms. The predicted octanol–water partition coefficient (Wildman–Crippen LogP) is 3.94. The first kappa shape index (κ1) is 17.4. The van der Waals surface area contributed by atoms with Crippen LogP contribution in [-0.4, -0.2) is 33.0 Å². The number of hydrogen-bond acceptors (Lipinski definition) is 2. The van der Waals surface area contributed by atoms with Crippen LogP contribution < -0.4 is 0 Å². The molecule has 0 aliphatic rings. The van der Waals surface area contributed by atoms with Crippen LogP contribution in [0.3, 0.4) is 0 Å². The molecule has 2 amide bonds. The molecule has 4 nitrogen and oxygen atoms in total. The third-order valence-electron chi connectivity index (χ3n) is 3.01. The molecule has 0 N–H and O–H groups in total. The molecular formula is C16H24N2O2S. The number of nitrogens with zero attached hydrogens (tertiary/aromatic N) is 2. The molecule has 0 fully saturated rings. The van der Waals surface area contributed by atoms with Gasteiger partial charge in [0.05, 0.1) is 15.5 Å². The van der Waals surface area contributed by atoms with E-state index < -0.39 is 15.8 Å². The molecule has 116 valence electrons. The number of rotatable bonds is 5. The molecule has 0 unspecified atom stereocenters. The van der Waals surface area contributed by atoms with Gasteiger partial charge in [-0.05, 0) is 39.8 Å². The smallest absolute Gasteiger partial charge is 0.318 e. The summed E-state index contributed by atoms with van der Waals surface area (Å²) in [5, 5.41) is 0. The molecule has 0 saturated carbocycles. The van der Waals surface area contributed by atoms with Gasteiger partial charge in [0.1, 0.15) is 0 Å². The zero-order chi connectivity index (χ0) is 16.0. The molecule has 1 atom stereocenters. The second-order valence-electron chi connectivity index (χ2n) is 5.38. The third kappa shape index (κ3) is 4.43. The number of urea groups is 1. The number of benzene rings is 1. The van der Waals surface area contributed by atoms with Crippen LogP contribution in [0, 0.1) is 0 Å². The van der Waals surface area contributed by atoms with Crippen molar-refractivity contribution in [3.63, 3.8) is 0 Å². The lowest BCUT2D eigenvalue weighted by molar-refractivity contribution is 0.175. The molecular weight excluding hydrogens is 284 g/mol. The standard InChI is InChI=1S/C16H24N2O2S/c1-6-12-21(20,15-10-8-7-9-11-15)17-16(19)18(13(2)3)14(4)5/h6-11,13-14H,1,12H2,2-5H3/t21-/m0/s1. The van der Waals surface area contributed by atoms with E-state index in [1.165, 1.54) is 0 Å². The van der Waals surface area contributed by atoms with Crippen LogP contribution in [-0.2, 0) is 9.73 Å². The first-order valence-electron chi connectivity index (χ1n) is 7.05. The van der Waals surface area contributed by atoms with Gasteiger partial charge in [-0.3, -0.25) is 0 Å². The molecule has 21 heavy (non-hydrogen) atoms.